The van der Waals surface area contributed by atoms with Crippen LogP contribution in [0.25, 0.3) is 0 Å². The molecule has 0 bridgehead atoms. The van der Waals surface area contributed by atoms with E-state index in [1.54, 1.807) is 0 Å². The molecule has 192 valence electrons. The van der Waals surface area contributed by atoms with Crippen molar-refractivity contribution in [1.29, 1.82) is 0 Å². The van der Waals surface area contributed by atoms with Crippen LogP contribution in [-0.2, 0) is 11.2 Å². The minimum atomic E-state index is -1.10. The second-order valence-corrected chi connectivity index (χ2v) is 11.0. The highest BCUT2D eigenvalue weighted by Crippen LogP contribution is 2.37. The lowest BCUT2D eigenvalue weighted by Crippen LogP contribution is -2.39. The van der Waals surface area contributed by atoms with Crippen LogP contribution in [0, 0.1) is 0 Å². The van der Waals surface area contributed by atoms with E-state index >= 15 is 0 Å². The summed E-state index contributed by atoms with van der Waals surface area (Å²) in [6, 6.07) is 23.9. The molecule has 0 spiro atoms. The summed E-state index contributed by atoms with van der Waals surface area (Å²) in [4.78, 5) is 14.0. The van der Waals surface area contributed by atoms with E-state index in [0.717, 1.165) is 22.3 Å². The van der Waals surface area contributed by atoms with Gasteiger partial charge in [-0.1, -0.05) is 114 Å². The average Bonchev–Trinajstić information content (AvgIpc) is 2.87. The molecular formula is C33H42O3. The van der Waals surface area contributed by atoms with E-state index < -0.39 is 11.7 Å². The second-order valence-electron chi connectivity index (χ2n) is 11.0. The van der Waals surface area contributed by atoms with Crippen LogP contribution in [0.4, 0.5) is 0 Å². The minimum absolute atomic E-state index is 0.165. The van der Waals surface area contributed by atoms with Gasteiger partial charge in [0.1, 0.15) is 11.7 Å². The van der Waals surface area contributed by atoms with Crippen molar-refractivity contribution < 1.29 is 14.6 Å². The molecule has 1 N–H and O–H groups in total. The highest BCUT2D eigenvalue weighted by atomic mass is 16.6. The Hall–Kier alpha value is -2.91. The number of ether oxygens (including phenoxy) is 1. The monoisotopic (exact) mass is 486 g/mol. The number of aryl methyl sites for hydroxylation is 1. The Morgan fingerprint density at radius 2 is 1.28 bits per heavy atom. The van der Waals surface area contributed by atoms with E-state index in [4.69, 9.17) is 4.74 Å². The van der Waals surface area contributed by atoms with Crippen LogP contribution in [0.1, 0.15) is 117 Å². The lowest BCUT2D eigenvalue weighted by Gasteiger charge is -2.35. The first kappa shape index (κ1) is 27.7. The number of aliphatic hydroxyl groups is 1. The number of hydrogen-bond donors (Lipinski definition) is 1. The summed E-state index contributed by atoms with van der Waals surface area (Å²) in [6.45, 7) is 14.7. The zero-order valence-electron chi connectivity index (χ0n) is 22.9. The molecule has 3 aromatic rings. The van der Waals surface area contributed by atoms with Crippen LogP contribution < -0.4 is 0 Å². The molecule has 0 saturated heterocycles. The Labute approximate surface area is 217 Å². The van der Waals surface area contributed by atoms with Gasteiger partial charge in [-0.2, -0.15) is 0 Å². The van der Waals surface area contributed by atoms with Crippen LogP contribution in [0.5, 0.6) is 0 Å². The third-order valence-corrected chi connectivity index (χ3v) is 7.11. The van der Waals surface area contributed by atoms with Gasteiger partial charge in [-0.3, -0.25) is 0 Å². The molecule has 3 rings (SSSR count). The van der Waals surface area contributed by atoms with Crippen LogP contribution in [0.15, 0.2) is 72.8 Å². The summed E-state index contributed by atoms with van der Waals surface area (Å²) >= 11 is 0. The SMILES string of the molecule is CC(C)c1cc(C(C)C)c(C(=O)O[C@](C)(CCc2ccccc2)[C@H](O)c2ccccc2)c(C(C)C)c1. The fourth-order valence-electron chi connectivity index (χ4n) is 4.72. The summed E-state index contributed by atoms with van der Waals surface area (Å²) in [6.07, 6.45) is 0.234. The maximum absolute atomic E-state index is 14.0. The highest BCUT2D eigenvalue weighted by Gasteiger charge is 2.39. The Morgan fingerprint density at radius 3 is 1.75 bits per heavy atom. The van der Waals surface area contributed by atoms with Crippen molar-refractivity contribution >= 4 is 5.97 Å². The van der Waals surface area contributed by atoms with Gasteiger partial charge < -0.3 is 9.84 Å². The second kappa shape index (κ2) is 11.9. The van der Waals surface area contributed by atoms with E-state index in [-0.39, 0.29) is 17.8 Å². The molecule has 0 radical (unpaired) electrons. The number of carbonyl (C=O) groups excluding carboxylic acids is 1. The van der Waals surface area contributed by atoms with Crippen molar-refractivity contribution in [3.8, 4) is 0 Å². The number of carbonyl (C=O) groups is 1. The molecule has 0 aliphatic carbocycles. The third kappa shape index (κ3) is 6.44. The molecule has 0 aromatic heterocycles. The Balaban J connectivity index is 2.05. The van der Waals surface area contributed by atoms with Crippen molar-refractivity contribution in [2.75, 3.05) is 0 Å². The van der Waals surface area contributed by atoms with Gasteiger partial charge in [0.15, 0.2) is 0 Å². The molecule has 3 heteroatoms. The molecule has 0 aliphatic rings. The first-order valence-corrected chi connectivity index (χ1v) is 13.2. The molecule has 3 nitrogen and oxygen atoms in total. The largest absolute Gasteiger partial charge is 0.453 e. The van der Waals surface area contributed by atoms with Crippen LogP contribution >= 0.6 is 0 Å². The molecule has 0 heterocycles. The van der Waals surface area contributed by atoms with E-state index in [1.165, 1.54) is 5.56 Å². The molecular weight excluding hydrogens is 444 g/mol. The Kier molecular flexibility index (Phi) is 9.13. The fraction of sp³-hybridized carbons (Fsp3) is 0.424. The summed E-state index contributed by atoms with van der Waals surface area (Å²) < 4.78 is 6.36. The van der Waals surface area contributed by atoms with Crippen molar-refractivity contribution in [3.05, 3.63) is 106 Å². The molecule has 0 saturated carbocycles. The predicted molar refractivity (Wildman–Crippen MR) is 149 cm³/mol. The van der Waals surface area contributed by atoms with Crippen LogP contribution in [0.3, 0.4) is 0 Å². The molecule has 0 aliphatic heterocycles. The summed E-state index contributed by atoms with van der Waals surface area (Å²) in [5.41, 5.74) is 4.68. The van der Waals surface area contributed by atoms with Crippen molar-refractivity contribution in [3.63, 3.8) is 0 Å². The van der Waals surface area contributed by atoms with Crippen LogP contribution in [-0.4, -0.2) is 16.7 Å². The first-order chi connectivity index (χ1) is 17.0. The number of hydrogen-bond acceptors (Lipinski definition) is 3. The number of aliphatic hydroxyl groups excluding tert-OH is 1. The lowest BCUT2D eigenvalue weighted by atomic mass is 9.83. The normalized spacial score (nSPS) is 14.2. The van der Waals surface area contributed by atoms with Crippen LogP contribution in [0.2, 0.25) is 0 Å². The average molecular weight is 487 g/mol. The topological polar surface area (TPSA) is 46.5 Å². The van der Waals surface area contributed by atoms with E-state index in [1.807, 2.05) is 55.5 Å². The quantitative estimate of drug-likeness (QED) is 0.293. The Bertz CT molecular complexity index is 1100. The van der Waals surface area contributed by atoms with E-state index in [9.17, 15) is 9.90 Å². The van der Waals surface area contributed by atoms with Crippen molar-refractivity contribution in [1.82, 2.24) is 0 Å². The van der Waals surface area contributed by atoms with Gasteiger partial charge in [-0.05, 0) is 65.3 Å². The molecule has 0 fully saturated rings. The third-order valence-electron chi connectivity index (χ3n) is 7.11. The smallest absolute Gasteiger partial charge is 0.339 e. The van der Waals surface area contributed by atoms with Gasteiger partial charge in [0, 0.05) is 0 Å². The number of rotatable bonds is 10. The summed E-state index contributed by atoms with van der Waals surface area (Å²) in [7, 11) is 0. The van der Waals surface area contributed by atoms with E-state index in [2.05, 4.69) is 65.8 Å². The Morgan fingerprint density at radius 1 is 0.778 bits per heavy atom. The van der Waals surface area contributed by atoms with Gasteiger partial charge >= 0.3 is 5.97 Å². The number of esters is 1. The molecule has 0 unspecified atom stereocenters. The minimum Gasteiger partial charge on any atom is -0.453 e. The standard InChI is InChI=1S/C33H42O3/c1-22(2)27-20-28(23(3)4)30(29(21-27)24(5)6)32(35)36-33(7,19-18-25-14-10-8-11-15-25)31(34)26-16-12-9-13-17-26/h8-17,20-24,31,34H,18-19H2,1-7H3/t31-,33-/m1/s1. The zero-order chi connectivity index (χ0) is 26.5. The highest BCUT2D eigenvalue weighted by molar-refractivity contribution is 5.94. The molecule has 36 heavy (non-hydrogen) atoms. The lowest BCUT2D eigenvalue weighted by molar-refractivity contribution is -0.0857. The fourth-order valence-corrected chi connectivity index (χ4v) is 4.72. The summed E-state index contributed by atoms with van der Waals surface area (Å²) in [5, 5.41) is 11.5. The van der Waals surface area contributed by atoms with Gasteiger partial charge in [0.2, 0.25) is 0 Å². The van der Waals surface area contributed by atoms with E-state index in [0.29, 0.717) is 24.3 Å². The van der Waals surface area contributed by atoms with Gasteiger partial charge in [0.25, 0.3) is 0 Å². The zero-order valence-corrected chi connectivity index (χ0v) is 22.9. The van der Waals surface area contributed by atoms with Gasteiger partial charge in [-0.15, -0.1) is 0 Å². The molecule has 0 amide bonds. The maximum Gasteiger partial charge on any atom is 0.339 e. The maximum atomic E-state index is 14.0. The first-order valence-electron chi connectivity index (χ1n) is 13.2. The molecule has 3 aromatic carbocycles. The van der Waals surface area contributed by atoms with Gasteiger partial charge in [-0.25, -0.2) is 4.79 Å². The predicted octanol–water partition coefficient (Wildman–Crippen LogP) is 8.34. The molecule has 2 atom stereocenters. The van der Waals surface area contributed by atoms with Crippen molar-refractivity contribution in [2.45, 2.75) is 90.8 Å². The van der Waals surface area contributed by atoms with Gasteiger partial charge in [0.05, 0.1) is 5.56 Å². The summed E-state index contributed by atoms with van der Waals surface area (Å²) in [5.74, 6) is 0.334. The number of benzene rings is 3. The van der Waals surface area contributed by atoms with Crippen molar-refractivity contribution in [2.24, 2.45) is 0 Å².